The normalized spacial score (nSPS) is 26.8. The van der Waals surface area contributed by atoms with Gasteiger partial charge in [0.1, 0.15) is 11.8 Å². The zero-order valence-electron chi connectivity index (χ0n) is 15.0. The minimum atomic E-state index is -0.633. The second kappa shape index (κ2) is 6.91. The second-order valence-corrected chi connectivity index (χ2v) is 8.40. The van der Waals surface area contributed by atoms with Crippen LogP contribution >= 0.6 is 11.8 Å². The van der Waals surface area contributed by atoms with Crippen molar-refractivity contribution < 1.29 is 18.3 Å². The molecule has 3 atom stereocenters. The Hall–Kier alpha value is -2.36. The number of carbonyl (C=O) groups excluding carboxylic acids is 1. The molecule has 2 bridgehead atoms. The molecule has 1 aromatic carbocycles. The Morgan fingerprint density at radius 2 is 1.89 bits per heavy atom. The standard InChI is InChI=1S/C18H19F2N5O2S/c19-15-5-13(24-8-14(27-18(24)26)7-23-4-3-21-22-23)6-16(20)17(15)25-11-1-2-12(25)10-28-9-11/h3-6,11-12,14H,1-2,7-10H2/t11-,12+,14-/m0/s1. The number of thioether (sulfide) groups is 1. The highest BCUT2D eigenvalue weighted by Gasteiger charge is 2.40. The molecule has 1 amide bonds. The summed E-state index contributed by atoms with van der Waals surface area (Å²) >= 11 is 1.84. The lowest BCUT2D eigenvalue weighted by Crippen LogP contribution is -2.43. The highest BCUT2D eigenvalue weighted by atomic mass is 32.2. The van der Waals surface area contributed by atoms with Gasteiger partial charge in [0.25, 0.3) is 0 Å². The summed E-state index contributed by atoms with van der Waals surface area (Å²) in [4.78, 5) is 15.4. The van der Waals surface area contributed by atoms with E-state index in [2.05, 4.69) is 10.3 Å². The van der Waals surface area contributed by atoms with Gasteiger partial charge >= 0.3 is 6.09 Å². The second-order valence-electron chi connectivity index (χ2n) is 7.33. The first kappa shape index (κ1) is 17.7. The van der Waals surface area contributed by atoms with Crippen molar-refractivity contribution in [3.63, 3.8) is 0 Å². The minimum Gasteiger partial charge on any atom is -0.442 e. The average molecular weight is 407 g/mol. The zero-order chi connectivity index (χ0) is 19.3. The Morgan fingerprint density at radius 3 is 2.54 bits per heavy atom. The van der Waals surface area contributed by atoms with Crippen LogP contribution in [0.25, 0.3) is 0 Å². The average Bonchev–Trinajstić information content (AvgIpc) is 3.34. The third kappa shape index (κ3) is 2.99. The minimum absolute atomic E-state index is 0.0308. The van der Waals surface area contributed by atoms with Crippen molar-refractivity contribution in [2.24, 2.45) is 0 Å². The number of aromatic nitrogens is 3. The molecule has 0 spiro atoms. The first-order chi connectivity index (χ1) is 13.6. The van der Waals surface area contributed by atoms with E-state index in [-0.39, 0.29) is 30.0 Å². The molecule has 0 N–H and O–H groups in total. The molecule has 3 saturated heterocycles. The summed E-state index contributed by atoms with van der Waals surface area (Å²) < 4.78 is 36.8. The number of amides is 1. The van der Waals surface area contributed by atoms with Crippen molar-refractivity contribution in [3.8, 4) is 0 Å². The highest BCUT2D eigenvalue weighted by Crippen LogP contribution is 2.41. The van der Waals surface area contributed by atoms with Gasteiger partial charge in [-0.25, -0.2) is 18.3 Å². The summed E-state index contributed by atoms with van der Waals surface area (Å²) in [5.41, 5.74) is 0.201. The summed E-state index contributed by atoms with van der Waals surface area (Å²) in [5, 5.41) is 7.55. The molecule has 3 aliphatic heterocycles. The molecule has 148 valence electrons. The maximum atomic E-state index is 15.0. The molecule has 0 unspecified atom stereocenters. The number of anilines is 2. The van der Waals surface area contributed by atoms with Crippen LogP contribution in [-0.4, -0.2) is 57.3 Å². The van der Waals surface area contributed by atoms with E-state index >= 15 is 0 Å². The van der Waals surface area contributed by atoms with Crippen molar-refractivity contribution in [3.05, 3.63) is 36.2 Å². The number of ether oxygens (including phenoxy) is 1. The Kier molecular flexibility index (Phi) is 4.37. The first-order valence-corrected chi connectivity index (χ1v) is 10.4. The van der Waals surface area contributed by atoms with Crippen molar-refractivity contribution >= 4 is 29.2 Å². The summed E-state index contributed by atoms with van der Waals surface area (Å²) in [6.45, 7) is 0.530. The number of cyclic esters (lactones) is 1. The van der Waals surface area contributed by atoms with Crippen LogP contribution in [0.4, 0.5) is 25.0 Å². The highest BCUT2D eigenvalue weighted by molar-refractivity contribution is 7.99. The molecule has 7 nitrogen and oxygen atoms in total. The van der Waals surface area contributed by atoms with E-state index in [0.29, 0.717) is 6.54 Å². The largest absolute Gasteiger partial charge is 0.442 e. The van der Waals surface area contributed by atoms with Crippen molar-refractivity contribution in [1.29, 1.82) is 0 Å². The number of hydrogen-bond donors (Lipinski definition) is 0. The fraction of sp³-hybridized carbons (Fsp3) is 0.500. The van der Waals surface area contributed by atoms with Gasteiger partial charge < -0.3 is 9.64 Å². The van der Waals surface area contributed by atoms with E-state index in [1.807, 2.05) is 16.7 Å². The van der Waals surface area contributed by atoms with Gasteiger partial charge in [-0.05, 0) is 12.8 Å². The fourth-order valence-electron chi connectivity index (χ4n) is 4.31. The topological polar surface area (TPSA) is 63.5 Å². The predicted octanol–water partition coefficient (Wildman–Crippen LogP) is 2.67. The molecule has 10 heteroatoms. The third-order valence-electron chi connectivity index (χ3n) is 5.55. The molecule has 5 rings (SSSR count). The SMILES string of the molecule is O=C1O[C@@H](Cn2ccnn2)CN1c1cc(F)c(N2[C@@H]3CC[C@H]2CSC3)c(F)c1. The van der Waals surface area contributed by atoms with Crippen molar-refractivity contribution in [1.82, 2.24) is 15.0 Å². The Balaban J connectivity index is 1.38. The molecule has 3 aliphatic rings. The van der Waals surface area contributed by atoms with Gasteiger partial charge in [0, 0.05) is 41.9 Å². The van der Waals surface area contributed by atoms with Crippen LogP contribution in [0.2, 0.25) is 0 Å². The van der Waals surface area contributed by atoms with Gasteiger partial charge in [0.2, 0.25) is 0 Å². The van der Waals surface area contributed by atoms with Gasteiger partial charge in [-0.3, -0.25) is 4.90 Å². The van der Waals surface area contributed by atoms with Crippen LogP contribution in [0.5, 0.6) is 0 Å². The lowest BCUT2D eigenvalue weighted by atomic mass is 10.2. The Bertz CT molecular complexity index is 857. The van der Waals surface area contributed by atoms with Gasteiger partial charge in [0.05, 0.1) is 25.0 Å². The molecule has 2 aromatic rings. The molecule has 3 fully saturated rings. The number of rotatable bonds is 4. The van der Waals surface area contributed by atoms with E-state index in [0.717, 1.165) is 24.3 Å². The Morgan fingerprint density at radius 1 is 1.18 bits per heavy atom. The van der Waals surface area contributed by atoms with Crippen LogP contribution < -0.4 is 9.80 Å². The number of halogens is 2. The van der Waals surface area contributed by atoms with E-state index in [1.54, 1.807) is 10.9 Å². The zero-order valence-corrected chi connectivity index (χ0v) is 15.8. The monoisotopic (exact) mass is 407 g/mol. The molecule has 0 saturated carbocycles. The van der Waals surface area contributed by atoms with Crippen LogP contribution in [0, 0.1) is 11.6 Å². The van der Waals surface area contributed by atoms with Crippen LogP contribution in [0.15, 0.2) is 24.5 Å². The molecule has 4 heterocycles. The quantitative estimate of drug-likeness (QED) is 0.777. The van der Waals surface area contributed by atoms with Crippen molar-refractivity contribution in [2.75, 3.05) is 27.9 Å². The number of hydrogen-bond acceptors (Lipinski definition) is 6. The van der Waals surface area contributed by atoms with Crippen molar-refractivity contribution in [2.45, 2.75) is 37.6 Å². The maximum absolute atomic E-state index is 15.0. The predicted molar refractivity (Wildman–Crippen MR) is 101 cm³/mol. The summed E-state index contributed by atoms with van der Waals surface area (Å²) in [6, 6.07) is 2.81. The molecule has 28 heavy (non-hydrogen) atoms. The molecule has 0 radical (unpaired) electrons. The van der Waals surface area contributed by atoms with E-state index in [9.17, 15) is 13.6 Å². The van der Waals surface area contributed by atoms with Gasteiger partial charge in [0.15, 0.2) is 11.6 Å². The fourth-order valence-corrected chi connectivity index (χ4v) is 5.65. The van der Waals surface area contributed by atoms with Crippen LogP contribution in [0.1, 0.15) is 12.8 Å². The number of carbonyl (C=O) groups is 1. The van der Waals surface area contributed by atoms with E-state index in [1.165, 1.54) is 23.2 Å². The van der Waals surface area contributed by atoms with Gasteiger partial charge in [-0.1, -0.05) is 5.21 Å². The lowest BCUT2D eigenvalue weighted by molar-refractivity contribution is 0.129. The summed E-state index contributed by atoms with van der Waals surface area (Å²) in [7, 11) is 0. The maximum Gasteiger partial charge on any atom is 0.414 e. The summed E-state index contributed by atoms with van der Waals surface area (Å²) in [6.07, 6.45) is 4.03. The molecular weight excluding hydrogens is 388 g/mol. The van der Waals surface area contributed by atoms with Crippen LogP contribution in [-0.2, 0) is 11.3 Å². The third-order valence-corrected chi connectivity index (χ3v) is 6.79. The molecular formula is C18H19F2N5O2S. The lowest BCUT2D eigenvalue weighted by Gasteiger charge is -2.37. The van der Waals surface area contributed by atoms with Gasteiger partial charge in [-0.15, -0.1) is 5.10 Å². The molecule has 1 aromatic heterocycles. The number of nitrogens with zero attached hydrogens (tertiary/aromatic N) is 5. The number of fused-ring (bicyclic) bond motifs is 2. The van der Waals surface area contributed by atoms with E-state index < -0.39 is 23.8 Å². The first-order valence-electron chi connectivity index (χ1n) is 9.27. The van der Waals surface area contributed by atoms with E-state index in [4.69, 9.17) is 4.74 Å². The number of benzene rings is 1. The Labute approximate surface area is 164 Å². The van der Waals surface area contributed by atoms with Gasteiger partial charge in [-0.2, -0.15) is 11.8 Å². The van der Waals surface area contributed by atoms with Crippen LogP contribution in [0.3, 0.4) is 0 Å². The summed E-state index contributed by atoms with van der Waals surface area (Å²) in [5.74, 6) is 0.511. The smallest absolute Gasteiger partial charge is 0.414 e. The molecule has 0 aliphatic carbocycles.